The van der Waals surface area contributed by atoms with Gasteiger partial charge in [0.25, 0.3) is 0 Å². The maximum atomic E-state index is 11.6. The van der Waals surface area contributed by atoms with E-state index in [1.54, 1.807) is 0 Å². The Morgan fingerprint density at radius 1 is 1.18 bits per heavy atom. The van der Waals surface area contributed by atoms with Crippen LogP contribution in [-0.4, -0.2) is 67.1 Å². The summed E-state index contributed by atoms with van der Waals surface area (Å²) < 4.78 is 19.5. The second-order valence-corrected chi connectivity index (χ2v) is 5.18. The number of nitrogens with two attached hydrogens (primary N) is 1. The fraction of sp³-hybridized carbons (Fsp3) is 0.600. The number of nitrogens with one attached hydrogen (secondary N) is 2. The van der Waals surface area contributed by atoms with E-state index in [2.05, 4.69) is 5.32 Å². The minimum Gasteiger partial charge on any atom is -0.480 e. The summed E-state index contributed by atoms with van der Waals surface area (Å²) in [5.41, 5.74) is 5.20. The second kappa shape index (κ2) is 9.81. The molecule has 3 atom stereocenters. The number of hydrogen-bond donors (Lipinski definition) is 6. The van der Waals surface area contributed by atoms with E-state index in [9.17, 15) is 23.4 Å². The van der Waals surface area contributed by atoms with Gasteiger partial charge in [0, 0.05) is 6.42 Å². The second-order valence-electron chi connectivity index (χ2n) is 4.20. The van der Waals surface area contributed by atoms with Crippen molar-refractivity contribution in [2.75, 3.05) is 12.3 Å². The van der Waals surface area contributed by atoms with Crippen LogP contribution in [0.3, 0.4) is 0 Å². The maximum Gasteiger partial charge on any atom is 0.322 e. The first-order chi connectivity index (χ1) is 10.1. The van der Waals surface area contributed by atoms with Gasteiger partial charge in [0.2, 0.25) is 11.8 Å². The van der Waals surface area contributed by atoms with E-state index in [1.165, 1.54) is 0 Å². The zero-order chi connectivity index (χ0) is 17.3. The molecule has 0 spiro atoms. The third-order valence-electron chi connectivity index (χ3n) is 2.37. The number of aliphatic carboxylic acids is 2. The van der Waals surface area contributed by atoms with E-state index in [1.807, 2.05) is 5.32 Å². The number of carboxylic acid groups (broad SMARTS) is 2. The van der Waals surface area contributed by atoms with Crippen LogP contribution in [0.25, 0.3) is 0 Å². The lowest BCUT2D eigenvalue weighted by Crippen LogP contribution is -2.50. The van der Waals surface area contributed by atoms with Gasteiger partial charge in [-0.25, -0.2) is 4.21 Å². The van der Waals surface area contributed by atoms with Crippen molar-refractivity contribution < 1.29 is 38.2 Å². The van der Waals surface area contributed by atoms with Crippen molar-refractivity contribution in [1.29, 1.82) is 0 Å². The minimum atomic E-state index is -2.41. The molecule has 3 unspecified atom stereocenters. The number of amides is 2. The molecular formula is C10H17N3O8S. The average Bonchev–Trinajstić information content (AvgIpc) is 2.40. The third kappa shape index (κ3) is 8.99. The summed E-state index contributed by atoms with van der Waals surface area (Å²) in [7, 11) is 0. The Bertz CT molecular complexity index is 469. The minimum absolute atomic E-state index is 0.188. The molecule has 0 aliphatic rings. The Kier molecular flexibility index (Phi) is 8.89. The van der Waals surface area contributed by atoms with Crippen molar-refractivity contribution in [3.63, 3.8) is 0 Å². The highest BCUT2D eigenvalue weighted by Gasteiger charge is 2.24. The predicted octanol–water partition coefficient (Wildman–Crippen LogP) is -2.91. The van der Waals surface area contributed by atoms with Gasteiger partial charge in [-0.1, -0.05) is 0 Å². The fourth-order valence-corrected chi connectivity index (χ4v) is 1.81. The summed E-state index contributed by atoms with van der Waals surface area (Å²) in [6.45, 7) is -0.715. The zero-order valence-electron chi connectivity index (χ0n) is 11.4. The van der Waals surface area contributed by atoms with Crippen molar-refractivity contribution in [3.05, 3.63) is 0 Å². The summed E-state index contributed by atoms with van der Waals surface area (Å²) in [4.78, 5) is 44.0. The molecule has 0 aliphatic carbocycles. The first-order valence-corrected chi connectivity index (χ1v) is 7.25. The Labute approximate surface area is 127 Å². The lowest BCUT2D eigenvalue weighted by Gasteiger charge is -2.16. The quantitative estimate of drug-likeness (QED) is 0.226. The monoisotopic (exact) mass is 339 g/mol. The summed E-state index contributed by atoms with van der Waals surface area (Å²) in [6.07, 6.45) is -0.499. The molecule has 0 aromatic heterocycles. The van der Waals surface area contributed by atoms with Crippen LogP contribution >= 0.6 is 0 Å². The van der Waals surface area contributed by atoms with E-state index in [0.29, 0.717) is 0 Å². The molecule has 0 radical (unpaired) electrons. The molecule has 0 rings (SSSR count). The molecule has 7 N–H and O–H groups in total. The first-order valence-electron chi connectivity index (χ1n) is 5.98. The topological polar surface area (TPSA) is 196 Å². The largest absolute Gasteiger partial charge is 0.480 e. The van der Waals surface area contributed by atoms with Crippen molar-refractivity contribution >= 4 is 34.8 Å². The van der Waals surface area contributed by atoms with Crippen LogP contribution in [0.2, 0.25) is 0 Å². The Morgan fingerprint density at radius 3 is 2.23 bits per heavy atom. The molecular weight excluding hydrogens is 322 g/mol. The van der Waals surface area contributed by atoms with E-state index >= 15 is 0 Å². The third-order valence-corrected chi connectivity index (χ3v) is 2.99. The summed E-state index contributed by atoms with van der Waals surface area (Å²) in [5.74, 6) is -4.95. The van der Waals surface area contributed by atoms with Crippen LogP contribution in [0.5, 0.6) is 0 Å². The van der Waals surface area contributed by atoms with Gasteiger partial charge in [0.15, 0.2) is 11.1 Å². The summed E-state index contributed by atoms with van der Waals surface area (Å²) in [5, 5.41) is 21.1. The number of rotatable bonds is 10. The SMILES string of the molecule is NC(CCC(=O)NC(CS(=O)O)C(=O)NCC(=O)O)C(=O)O. The molecule has 0 bridgehead atoms. The molecule has 0 aliphatic heterocycles. The van der Waals surface area contributed by atoms with Crippen molar-refractivity contribution in [2.45, 2.75) is 24.9 Å². The van der Waals surface area contributed by atoms with Gasteiger partial charge >= 0.3 is 11.9 Å². The Balaban J connectivity index is 4.53. The van der Waals surface area contributed by atoms with Crippen LogP contribution < -0.4 is 16.4 Å². The summed E-state index contributed by atoms with van der Waals surface area (Å²) >= 11 is -2.41. The smallest absolute Gasteiger partial charge is 0.322 e. The summed E-state index contributed by atoms with van der Waals surface area (Å²) in [6, 6.07) is -2.67. The van der Waals surface area contributed by atoms with Gasteiger partial charge in [-0.15, -0.1) is 0 Å². The maximum absolute atomic E-state index is 11.6. The molecule has 0 saturated heterocycles. The standard InChI is InChI=1S/C10H17N3O8S/c11-5(10(18)19)1-2-7(14)13-6(4-22(20)21)9(17)12-3-8(15)16/h5-6H,1-4,11H2,(H,12,17)(H,13,14)(H,15,16)(H,18,19)(H,20,21). The Morgan fingerprint density at radius 2 is 1.77 bits per heavy atom. The molecule has 126 valence electrons. The molecule has 0 heterocycles. The van der Waals surface area contributed by atoms with Crippen LogP contribution in [-0.2, 0) is 30.3 Å². The van der Waals surface area contributed by atoms with Crippen molar-refractivity contribution in [2.24, 2.45) is 5.73 Å². The molecule has 22 heavy (non-hydrogen) atoms. The lowest BCUT2D eigenvalue weighted by atomic mass is 10.1. The van der Waals surface area contributed by atoms with Gasteiger partial charge in [-0.2, -0.15) is 0 Å². The normalized spacial score (nSPS) is 14.5. The number of carbonyl (C=O) groups excluding carboxylic acids is 2. The number of carboxylic acids is 2. The zero-order valence-corrected chi connectivity index (χ0v) is 12.2. The molecule has 2 amide bonds. The molecule has 0 fully saturated rings. The molecule has 0 saturated carbocycles. The highest BCUT2D eigenvalue weighted by atomic mass is 32.2. The van der Waals surface area contributed by atoms with Crippen molar-refractivity contribution in [1.82, 2.24) is 10.6 Å². The van der Waals surface area contributed by atoms with E-state index in [0.717, 1.165) is 0 Å². The predicted molar refractivity (Wildman–Crippen MR) is 73.1 cm³/mol. The highest BCUT2D eigenvalue weighted by Crippen LogP contribution is 1.97. The van der Waals surface area contributed by atoms with Crippen LogP contribution in [0.15, 0.2) is 0 Å². The Hall–Kier alpha value is -2.05. The molecule has 12 heteroatoms. The van der Waals surface area contributed by atoms with Crippen molar-refractivity contribution in [3.8, 4) is 0 Å². The fourth-order valence-electron chi connectivity index (χ4n) is 1.29. The van der Waals surface area contributed by atoms with Gasteiger partial charge in [0.05, 0.1) is 5.75 Å². The first kappa shape index (κ1) is 19.9. The van der Waals surface area contributed by atoms with E-state index < -0.39 is 59.2 Å². The van der Waals surface area contributed by atoms with Gasteiger partial charge < -0.3 is 31.1 Å². The van der Waals surface area contributed by atoms with Crippen LogP contribution in [0, 0.1) is 0 Å². The van der Waals surface area contributed by atoms with E-state index in [-0.39, 0.29) is 12.8 Å². The van der Waals surface area contributed by atoms with Gasteiger partial charge in [-0.05, 0) is 6.42 Å². The highest BCUT2D eigenvalue weighted by molar-refractivity contribution is 7.79. The molecule has 11 nitrogen and oxygen atoms in total. The molecule has 0 aromatic carbocycles. The van der Waals surface area contributed by atoms with Gasteiger partial charge in [-0.3, -0.25) is 19.2 Å². The number of carbonyl (C=O) groups is 4. The van der Waals surface area contributed by atoms with Crippen LogP contribution in [0.1, 0.15) is 12.8 Å². The lowest BCUT2D eigenvalue weighted by molar-refractivity contribution is -0.139. The van der Waals surface area contributed by atoms with Crippen LogP contribution in [0.4, 0.5) is 0 Å². The number of hydrogen-bond acceptors (Lipinski definition) is 6. The average molecular weight is 339 g/mol. The molecule has 0 aromatic rings. The van der Waals surface area contributed by atoms with E-state index in [4.69, 9.17) is 20.5 Å². The van der Waals surface area contributed by atoms with Gasteiger partial charge in [0.1, 0.15) is 18.6 Å².